The zero-order chi connectivity index (χ0) is 13.9. The lowest BCUT2D eigenvalue weighted by Gasteiger charge is -2.40. The first kappa shape index (κ1) is 13.8. The van der Waals surface area contributed by atoms with Gasteiger partial charge in [-0.1, -0.05) is 0 Å². The highest BCUT2D eigenvalue weighted by Gasteiger charge is 2.27. The monoisotopic (exact) mass is 296 g/mol. The van der Waals surface area contributed by atoms with Crippen LogP contribution in [0.1, 0.15) is 23.3 Å². The third kappa shape index (κ3) is 2.94. The van der Waals surface area contributed by atoms with Crippen LogP contribution in [-0.4, -0.2) is 61.2 Å². The molecule has 20 heavy (non-hydrogen) atoms. The summed E-state index contributed by atoms with van der Waals surface area (Å²) >= 11 is 1.50. The van der Waals surface area contributed by atoms with Gasteiger partial charge in [0.25, 0.3) is 5.91 Å². The number of nitrogens with two attached hydrogens (primary N) is 1. The van der Waals surface area contributed by atoms with E-state index in [-0.39, 0.29) is 0 Å². The number of carbonyl (C=O) groups excluding carboxylic acids is 1. The fourth-order valence-electron chi connectivity index (χ4n) is 2.89. The zero-order valence-electron chi connectivity index (χ0n) is 11.5. The molecule has 0 radical (unpaired) electrons. The van der Waals surface area contributed by atoms with E-state index in [0.29, 0.717) is 11.7 Å². The van der Waals surface area contributed by atoms with Crippen LogP contribution in [0.25, 0.3) is 0 Å². The summed E-state index contributed by atoms with van der Waals surface area (Å²) in [4.78, 5) is 20.2. The predicted molar refractivity (Wildman–Crippen MR) is 78.3 cm³/mol. The van der Waals surface area contributed by atoms with Crippen molar-refractivity contribution in [1.29, 1.82) is 0 Å². The smallest absolute Gasteiger partial charge is 0.268 e. The van der Waals surface area contributed by atoms with Gasteiger partial charge in [0.15, 0.2) is 5.13 Å². The molecule has 3 rings (SSSR count). The fraction of sp³-hybridized carbons (Fsp3) is 0.692. The molecule has 2 fully saturated rings. The molecule has 2 saturated heterocycles. The van der Waals surface area contributed by atoms with E-state index in [0.717, 1.165) is 57.4 Å². The van der Waals surface area contributed by atoms with Crippen molar-refractivity contribution in [2.24, 2.45) is 5.73 Å². The Balaban J connectivity index is 1.56. The first-order valence-corrected chi connectivity index (χ1v) is 7.94. The van der Waals surface area contributed by atoms with E-state index in [1.54, 1.807) is 5.38 Å². The van der Waals surface area contributed by atoms with Crippen molar-refractivity contribution in [2.75, 3.05) is 44.3 Å². The van der Waals surface area contributed by atoms with Crippen LogP contribution in [0.5, 0.6) is 0 Å². The van der Waals surface area contributed by atoms with Crippen LogP contribution >= 0.6 is 11.3 Å². The van der Waals surface area contributed by atoms with E-state index >= 15 is 0 Å². The van der Waals surface area contributed by atoms with Crippen LogP contribution in [0.15, 0.2) is 5.38 Å². The minimum Gasteiger partial charge on any atom is -0.379 e. The van der Waals surface area contributed by atoms with E-state index in [4.69, 9.17) is 10.5 Å². The molecule has 1 amide bonds. The third-order valence-electron chi connectivity index (χ3n) is 4.04. The topological polar surface area (TPSA) is 71.7 Å². The summed E-state index contributed by atoms with van der Waals surface area (Å²) in [5.74, 6) is -0.448. The van der Waals surface area contributed by atoms with Crippen LogP contribution in [0.4, 0.5) is 5.13 Å². The summed E-state index contributed by atoms with van der Waals surface area (Å²) in [6, 6.07) is 0.658. The molecule has 1 aromatic heterocycles. The molecule has 0 atom stereocenters. The minimum atomic E-state index is -0.448. The third-order valence-corrected chi connectivity index (χ3v) is 4.94. The SMILES string of the molecule is NC(=O)c1csc(N2CCC(N3CCOCC3)CC2)n1. The van der Waals surface area contributed by atoms with E-state index in [1.165, 1.54) is 11.3 Å². The largest absolute Gasteiger partial charge is 0.379 e. The Morgan fingerprint density at radius 3 is 2.60 bits per heavy atom. The number of morpholine rings is 1. The highest BCUT2D eigenvalue weighted by Crippen LogP contribution is 2.26. The molecule has 110 valence electrons. The maximum atomic E-state index is 11.1. The number of ether oxygens (including phenoxy) is 1. The van der Waals surface area contributed by atoms with E-state index < -0.39 is 5.91 Å². The summed E-state index contributed by atoms with van der Waals surface area (Å²) in [6.07, 6.45) is 2.29. The number of amides is 1. The van der Waals surface area contributed by atoms with Gasteiger partial charge in [0, 0.05) is 37.6 Å². The van der Waals surface area contributed by atoms with Crippen molar-refractivity contribution in [2.45, 2.75) is 18.9 Å². The number of nitrogens with zero attached hydrogens (tertiary/aromatic N) is 3. The van der Waals surface area contributed by atoms with Crippen molar-refractivity contribution in [3.63, 3.8) is 0 Å². The fourth-order valence-corrected chi connectivity index (χ4v) is 3.76. The van der Waals surface area contributed by atoms with Gasteiger partial charge >= 0.3 is 0 Å². The average molecular weight is 296 g/mol. The van der Waals surface area contributed by atoms with Crippen molar-refractivity contribution in [3.05, 3.63) is 11.1 Å². The molecule has 0 aromatic carbocycles. The van der Waals surface area contributed by atoms with Crippen molar-refractivity contribution < 1.29 is 9.53 Å². The summed E-state index contributed by atoms with van der Waals surface area (Å²) < 4.78 is 5.40. The summed E-state index contributed by atoms with van der Waals surface area (Å²) in [5.41, 5.74) is 5.62. The Kier molecular flexibility index (Phi) is 4.18. The Morgan fingerprint density at radius 2 is 2.00 bits per heavy atom. The molecule has 0 bridgehead atoms. The van der Waals surface area contributed by atoms with Crippen molar-refractivity contribution >= 4 is 22.4 Å². The van der Waals surface area contributed by atoms with Gasteiger partial charge in [0.05, 0.1) is 13.2 Å². The number of aromatic nitrogens is 1. The summed E-state index contributed by atoms with van der Waals surface area (Å²) in [7, 11) is 0. The van der Waals surface area contributed by atoms with Gasteiger partial charge in [-0.2, -0.15) is 0 Å². The maximum absolute atomic E-state index is 11.1. The van der Waals surface area contributed by atoms with Gasteiger partial charge in [-0.3, -0.25) is 9.69 Å². The predicted octanol–water partition coefficient (Wildman–Crippen LogP) is 0.543. The Morgan fingerprint density at radius 1 is 1.30 bits per heavy atom. The Hall–Kier alpha value is -1.18. The van der Waals surface area contributed by atoms with Crippen LogP contribution in [0, 0.1) is 0 Å². The Labute approximate surface area is 122 Å². The molecule has 2 aliphatic heterocycles. The van der Waals surface area contributed by atoms with Gasteiger partial charge in [-0.15, -0.1) is 11.3 Å². The highest BCUT2D eigenvalue weighted by molar-refractivity contribution is 7.13. The highest BCUT2D eigenvalue weighted by atomic mass is 32.1. The molecular formula is C13H20N4O2S. The molecular weight excluding hydrogens is 276 g/mol. The van der Waals surface area contributed by atoms with Gasteiger partial charge in [0.1, 0.15) is 5.69 Å². The summed E-state index contributed by atoms with van der Waals surface area (Å²) in [6.45, 7) is 5.80. The average Bonchev–Trinajstić information content (AvgIpc) is 2.98. The van der Waals surface area contributed by atoms with Gasteiger partial charge in [-0.05, 0) is 12.8 Å². The van der Waals surface area contributed by atoms with Gasteiger partial charge < -0.3 is 15.4 Å². The number of carbonyl (C=O) groups is 1. The first-order valence-electron chi connectivity index (χ1n) is 7.06. The molecule has 0 aliphatic carbocycles. The summed E-state index contributed by atoms with van der Waals surface area (Å²) in [5, 5.41) is 2.66. The molecule has 2 aliphatic rings. The molecule has 7 heteroatoms. The van der Waals surface area contributed by atoms with Gasteiger partial charge in [-0.25, -0.2) is 4.98 Å². The molecule has 0 unspecified atom stereocenters. The second-order valence-corrected chi connectivity index (χ2v) is 6.08. The number of primary amides is 1. The van der Waals surface area contributed by atoms with Gasteiger partial charge in [0.2, 0.25) is 0 Å². The second kappa shape index (κ2) is 6.07. The molecule has 6 nitrogen and oxygen atoms in total. The molecule has 1 aromatic rings. The maximum Gasteiger partial charge on any atom is 0.268 e. The number of rotatable bonds is 3. The lowest BCUT2D eigenvalue weighted by molar-refractivity contribution is 0.0115. The Bertz CT molecular complexity index is 465. The first-order chi connectivity index (χ1) is 9.74. The number of hydrogen-bond acceptors (Lipinski definition) is 6. The number of anilines is 1. The van der Waals surface area contributed by atoms with E-state index in [1.807, 2.05) is 0 Å². The molecule has 2 N–H and O–H groups in total. The van der Waals surface area contributed by atoms with Crippen LogP contribution in [-0.2, 0) is 4.74 Å². The standard InChI is InChI=1S/C13H20N4O2S/c14-12(18)11-9-20-13(15-11)17-3-1-10(2-4-17)16-5-7-19-8-6-16/h9-10H,1-8H2,(H2,14,18). The van der Waals surface area contributed by atoms with Crippen LogP contribution in [0.3, 0.4) is 0 Å². The molecule has 3 heterocycles. The molecule has 0 saturated carbocycles. The minimum absolute atomic E-state index is 0.375. The van der Waals surface area contributed by atoms with Crippen LogP contribution in [0.2, 0.25) is 0 Å². The number of hydrogen-bond donors (Lipinski definition) is 1. The van der Waals surface area contributed by atoms with E-state index in [9.17, 15) is 4.79 Å². The molecule has 0 spiro atoms. The number of thiazole rings is 1. The van der Waals surface area contributed by atoms with Crippen LogP contribution < -0.4 is 10.6 Å². The lowest BCUT2D eigenvalue weighted by atomic mass is 10.0. The lowest BCUT2D eigenvalue weighted by Crippen LogP contribution is -2.49. The number of piperidine rings is 1. The van der Waals surface area contributed by atoms with Crippen molar-refractivity contribution in [3.8, 4) is 0 Å². The second-order valence-electron chi connectivity index (χ2n) is 5.25. The normalized spacial score (nSPS) is 22.1. The zero-order valence-corrected chi connectivity index (χ0v) is 12.3. The van der Waals surface area contributed by atoms with Crippen molar-refractivity contribution in [1.82, 2.24) is 9.88 Å². The quantitative estimate of drug-likeness (QED) is 0.881. The van der Waals surface area contributed by atoms with E-state index in [2.05, 4.69) is 14.8 Å².